The Labute approximate surface area is 143 Å². The number of carbonyl (C=O) groups is 3. The lowest BCUT2D eigenvalue weighted by Gasteiger charge is -2.19. The Bertz CT molecular complexity index is 650. The molecule has 3 amide bonds. The number of hydrogen-bond acceptors (Lipinski definition) is 3. The SMILES string of the molecule is Cc1cc(Br)ccc1NC(=O)CN1C(=O)C2CCCCC2C1=O. The summed E-state index contributed by atoms with van der Waals surface area (Å²) < 4.78 is 0.932. The molecule has 23 heavy (non-hydrogen) atoms. The van der Waals surface area contributed by atoms with E-state index in [1.807, 2.05) is 19.1 Å². The molecule has 0 radical (unpaired) electrons. The molecule has 1 saturated heterocycles. The highest BCUT2D eigenvalue weighted by atomic mass is 79.9. The molecule has 122 valence electrons. The number of halogens is 1. The molecule has 2 fully saturated rings. The first-order valence-corrected chi connectivity index (χ1v) is 8.68. The van der Waals surface area contributed by atoms with E-state index in [1.54, 1.807) is 6.07 Å². The number of aryl methyl sites for hydroxylation is 1. The van der Waals surface area contributed by atoms with Crippen LogP contribution in [0.25, 0.3) is 0 Å². The van der Waals surface area contributed by atoms with E-state index in [-0.39, 0.29) is 36.1 Å². The van der Waals surface area contributed by atoms with Crippen LogP contribution >= 0.6 is 15.9 Å². The first kappa shape index (κ1) is 16.2. The van der Waals surface area contributed by atoms with Gasteiger partial charge in [-0.15, -0.1) is 0 Å². The van der Waals surface area contributed by atoms with E-state index >= 15 is 0 Å². The van der Waals surface area contributed by atoms with Gasteiger partial charge in [-0.2, -0.15) is 0 Å². The van der Waals surface area contributed by atoms with E-state index in [9.17, 15) is 14.4 Å². The van der Waals surface area contributed by atoms with Crippen LogP contribution in [0.3, 0.4) is 0 Å². The highest BCUT2D eigenvalue weighted by molar-refractivity contribution is 9.10. The van der Waals surface area contributed by atoms with Crippen molar-refractivity contribution in [3.05, 3.63) is 28.2 Å². The maximum atomic E-state index is 12.4. The fraction of sp³-hybridized carbons (Fsp3) is 0.471. The van der Waals surface area contributed by atoms with E-state index in [1.165, 1.54) is 0 Å². The Balaban J connectivity index is 1.68. The van der Waals surface area contributed by atoms with Crippen LogP contribution in [0.2, 0.25) is 0 Å². The van der Waals surface area contributed by atoms with E-state index in [0.717, 1.165) is 40.6 Å². The quantitative estimate of drug-likeness (QED) is 0.822. The molecule has 6 heteroatoms. The highest BCUT2D eigenvalue weighted by Crippen LogP contribution is 2.37. The van der Waals surface area contributed by atoms with Crippen LogP contribution < -0.4 is 5.32 Å². The molecule has 5 nitrogen and oxygen atoms in total. The van der Waals surface area contributed by atoms with Gasteiger partial charge in [-0.1, -0.05) is 28.8 Å². The lowest BCUT2D eigenvalue weighted by atomic mass is 9.81. The minimum absolute atomic E-state index is 0.178. The zero-order valence-corrected chi connectivity index (χ0v) is 14.6. The lowest BCUT2D eigenvalue weighted by Crippen LogP contribution is -2.38. The van der Waals surface area contributed by atoms with Gasteiger partial charge in [-0.25, -0.2) is 0 Å². The molecule has 1 aromatic carbocycles. The normalized spacial score (nSPS) is 23.8. The van der Waals surface area contributed by atoms with Crippen LogP contribution in [0.15, 0.2) is 22.7 Å². The third kappa shape index (κ3) is 3.17. The smallest absolute Gasteiger partial charge is 0.244 e. The number of likely N-dealkylation sites (tertiary alicyclic amines) is 1. The minimum Gasteiger partial charge on any atom is -0.324 e. The number of rotatable bonds is 3. The fourth-order valence-electron chi connectivity index (χ4n) is 3.49. The number of benzene rings is 1. The molecule has 3 rings (SSSR count). The summed E-state index contributed by atoms with van der Waals surface area (Å²) in [6.45, 7) is 1.70. The van der Waals surface area contributed by atoms with Crippen molar-refractivity contribution in [3.63, 3.8) is 0 Å². The maximum absolute atomic E-state index is 12.4. The summed E-state index contributed by atoms with van der Waals surface area (Å²) in [5.74, 6) is -1.11. The number of amides is 3. The number of nitrogens with zero attached hydrogens (tertiary/aromatic N) is 1. The molecule has 1 aliphatic carbocycles. The van der Waals surface area contributed by atoms with Crippen molar-refractivity contribution in [3.8, 4) is 0 Å². The molecule has 2 unspecified atom stereocenters. The third-order valence-corrected chi connectivity index (χ3v) is 5.19. The first-order chi connectivity index (χ1) is 11.0. The molecule has 1 N–H and O–H groups in total. The Morgan fingerprint density at radius 3 is 2.39 bits per heavy atom. The molecule has 1 heterocycles. The molecule has 0 aromatic heterocycles. The van der Waals surface area contributed by atoms with Crippen LogP contribution in [0.1, 0.15) is 31.2 Å². The molecule has 0 spiro atoms. The summed E-state index contributed by atoms with van der Waals surface area (Å²) in [6.07, 6.45) is 3.50. The van der Waals surface area contributed by atoms with Crippen molar-refractivity contribution < 1.29 is 14.4 Å². The molecular formula is C17H19BrN2O3. The van der Waals surface area contributed by atoms with Crippen LogP contribution in [-0.2, 0) is 14.4 Å². The largest absolute Gasteiger partial charge is 0.324 e. The number of fused-ring (bicyclic) bond motifs is 1. The molecule has 1 saturated carbocycles. The van der Waals surface area contributed by atoms with Crippen molar-refractivity contribution in [2.24, 2.45) is 11.8 Å². The number of nitrogens with one attached hydrogen (secondary N) is 1. The van der Waals surface area contributed by atoms with Crippen molar-refractivity contribution in [1.82, 2.24) is 4.90 Å². The average Bonchev–Trinajstić information content (AvgIpc) is 2.76. The van der Waals surface area contributed by atoms with Crippen LogP contribution in [0.5, 0.6) is 0 Å². The third-order valence-electron chi connectivity index (χ3n) is 4.70. The lowest BCUT2D eigenvalue weighted by molar-refractivity contribution is -0.142. The predicted octanol–water partition coefficient (Wildman–Crippen LogP) is 2.87. The van der Waals surface area contributed by atoms with E-state index < -0.39 is 0 Å². The number of anilines is 1. The topological polar surface area (TPSA) is 66.5 Å². The molecule has 2 aliphatic rings. The molecule has 2 atom stereocenters. The summed E-state index contributed by atoms with van der Waals surface area (Å²) in [5.41, 5.74) is 1.61. The second-order valence-corrected chi connectivity index (χ2v) is 7.18. The zero-order valence-electron chi connectivity index (χ0n) is 13.0. The van der Waals surface area contributed by atoms with Gasteiger partial charge >= 0.3 is 0 Å². The van der Waals surface area contributed by atoms with Gasteiger partial charge in [0.2, 0.25) is 17.7 Å². The molecule has 0 bridgehead atoms. The van der Waals surface area contributed by atoms with Gasteiger partial charge in [0.15, 0.2) is 0 Å². The van der Waals surface area contributed by atoms with Crippen LogP contribution in [-0.4, -0.2) is 29.2 Å². The van der Waals surface area contributed by atoms with Gasteiger partial charge in [-0.3, -0.25) is 19.3 Å². The number of imide groups is 1. The standard InChI is InChI=1S/C17H19BrN2O3/c1-10-8-11(18)6-7-14(10)19-15(21)9-20-16(22)12-4-2-3-5-13(12)17(20)23/h6-8,12-13H,2-5,9H2,1H3,(H,19,21). The summed E-state index contributed by atoms with van der Waals surface area (Å²) in [7, 11) is 0. The minimum atomic E-state index is -0.337. The monoisotopic (exact) mass is 378 g/mol. The van der Waals surface area contributed by atoms with Gasteiger partial charge in [-0.05, 0) is 43.5 Å². The second-order valence-electron chi connectivity index (χ2n) is 6.27. The Morgan fingerprint density at radius 1 is 1.22 bits per heavy atom. The van der Waals surface area contributed by atoms with Gasteiger partial charge in [0.05, 0.1) is 11.8 Å². The summed E-state index contributed by atoms with van der Waals surface area (Å²) >= 11 is 3.37. The summed E-state index contributed by atoms with van der Waals surface area (Å²) in [5, 5.41) is 2.78. The molecule has 1 aliphatic heterocycles. The van der Waals surface area contributed by atoms with Gasteiger partial charge in [0, 0.05) is 10.2 Å². The molecular weight excluding hydrogens is 360 g/mol. The second kappa shape index (κ2) is 6.43. The Kier molecular flexibility index (Phi) is 4.53. The van der Waals surface area contributed by atoms with E-state index in [2.05, 4.69) is 21.2 Å². The summed E-state index contributed by atoms with van der Waals surface area (Å²) in [6, 6.07) is 5.53. The van der Waals surface area contributed by atoms with E-state index in [4.69, 9.17) is 0 Å². The Morgan fingerprint density at radius 2 is 1.83 bits per heavy atom. The first-order valence-electron chi connectivity index (χ1n) is 7.88. The fourth-order valence-corrected chi connectivity index (χ4v) is 3.96. The highest BCUT2D eigenvalue weighted by Gasteiger charge is 2.48. The van der Waals surface area contributed by atoms with Crippen LogP contribution in [0, 0.1) is 18.8 Å². The Hall–Kier alpha value is -1.69. The summed E-state index contributed by atoms with van der Waals surface area (Å²) in [4.78, 5) is 38.1. The van der Waals surface area contributed by atoms with Crippen molar-refractivity contribution in [2.75, 3.05) is 11.9 Å². The number of carbonyl (C=O) groups excluding carboxylic acids is 3. The molecule has 1 aromatic rings. The zero-order chi connectivity index (χ0) is 16.6. The van der Waals surface area contributed by atoms with Crippen LogP contribution in [0.4, 0.5) is 5.69 Å². The average molecular weight is 379 g/mol. The van der Waals surface area contributed by atoms with Crippen molar-refractivity contribution >= 4 is 39.3 Å². The van der Waals surface area contributed by atoms with Crippen molar-refractivity contribution in [2.45, 2.75) is 32.6 Å². The van der Waals surface area contributed by atoms with E-state index in [0.29, 0.717) is 5.69 Å². The van der Waals surface area contributed by atoms with Crippen molar-refractivity contribution in [1.29, 1.82) is 0 Å². The van der Waals surface area contributed by atoms with Gasteiger partial charge in [0.25, 0.3) is 0 Å². The predicted molar refractivity (Wildman–Crippen MR) is 89.7 cm³/mol. The van der Waals surface area contributed by atoms with Gasteiger partial charge in [0.1, 0.15) is 6.54 Å². The maximum Gasteiger partial charge on any atom is 0.244 e. The van der Waals surface area contributed by atoms with Gasteiger partial charge < -0.3 is 5.32 Å². The number of hydrogen-bond donors (Lipinski definition) is 1.